The number of thioether (sulfide) groups is 3. The average Bonchev–Trinajstić information content (AvgIpc) is 2.38. The summed E-state index contributed by atoms with van der Waals surface area (Å²) in [5.74, 6) is 2.51. The molecule has 2 spiro atoms. The number of aliphatic hydroxyl groups is 2. The molecule has 2 N–H and O–H groups in total. The molecule has 3 rings (SSSR count). The van der Waals surface area contributed by atoms with E-state index in [1.165, 1.54) is 12.8 Å². The van der Waals surface area contributed by atoms with E-state index in [0.29, 0.717) is 6.61 Å². The zero-order valence-corrected chi connectivity index (χ0v) is 12.8. The van der Waals surface area contributed by atoms with E-state index in [4.69, 9.17) is 4.74 Å². The van der Waals surface area contributed by atoms with Gasteiger partial charge >= 0.3 is 0 Å². The largest absolute Gasteiger partial charge is 0.391 e. The molecule has 3 nitrogen and oxygen atoms in total. The van der Waals surface area contributed by atoms with Gasteiger partial charge < -0.3 is 14.9 Å². The second kappa shape index (κ2) is 5.37. The highest BCUT2D eigenvalue weighted by Gasteiger charge is 2.49. The summed E-state index contributed by atoms with van der Waals surface area (Å²) in [5.41, 5.74) is 0. The van der Waals surface area contributed by atoms with E-state index in [1.54, 1.807) is 11.8 Å². The van der Waals surface area contributed by atoms with Crippen molar-refractivity contribution in [1.29, 1.82) is 0 Å². The van der Waals surface area contributed by atoms with Gasteiger partial charge in [0.05, 0.1) is 22.9 Å². The van der Waals surface area contributed by atoms with Gasteiger partial charge in [-0.25, -0.2) is 0 Å². The predicted molar refractivity (Wildman–Crippen MR) is 79.3 cm³/mol. The third-order valence-electron chi connectivity index (χ3n) is 3.81. The Balaban J connectivity index is 1.68. The molecule has 0 aromatic rings. The molecular formula is C12H20O3S3. The molecule has 2 heterocycles. The van der Waals surface area contributed by atoms with E-state index in [9.17, 15) is 10.2 Å². The van der Waals surface area contributed by atoms with E-state index < -0.39 is 0 Å². The lowest BCUT2D eigenvalue weighted by Crippen LogP contribution is -2.48. The Labute approximate surface area is 121 Å². The molecule has 2 atom stereocenters. The molecule has 0 radical (unpaired) electrons. The van der Waals surface area contributed by atoms with Crippen molar-refractivity contribution in [3.05, 3.63) is 0 Å². The van der Waals surface area contributed by atoms with Gasteiger partial charge in [0.15, 0.2) is 0 Å². The highest BCUT2D eigenvalue weighted by molar-refractivity contribution is 8.18. The van der Waals surface area contributed by atoms with Crippen LogP contribution in [0.15, 0.2) is 0 Å². The van der Waals surface area contributed by atoms with Crippen LogP contribution in [0.3, 0.4) is 0 Å². The molecule has 18 heavy (non-hydrogen) atoms. The van der Waals surface area contributed by atoms with E-state index in [2.05, 4.69) is 0 Å². The number of hydrogen-bond acceptors (Lipinski definition) is 6. The third kappa shape index (κ3) is 2.83. The molecule has 2 aliphatic heterocycles. The van der Waals surface area contributed by atoms with Crippen molar-refractivity contribution in [3.63, 3.8) is 0 Å². The standard InChI is InChI=1S/C12H20O3S3/c13-9-4-15-11(16-5-9)2-1-3-12(8-11)17-6-10(14)7-18-12/h9-10,13-14H,1-8H2. The molecule has 3 aliphatic rings. The minimum Gasteiger partial charge on any atom is -0.391 e. The number of aliphatic hydroxyl groups excluding tert-OH is 2. The normalized spacial score (nSPS) is 49.7. The summed E-state index contributed by atoms with van der Waals surface area (Å²) in [5, 5.41) is 19.2. The lowest BCUT2D eigenvalue weighted by molar-refractivity contribution is -0.0489. The maximum absolute atomic E-state index is 9.65. The summed E-state index contributed by atoms with van der Waals surface area (Å²) in [6, 6.07) is 0. The Morgan fingerprint density at radius 2 is 1.67 bits per heavy atom. The minimum atomic E-state index is -0.299. The second-order valence-electron chi connectivity index (χ2n) is 5.40. The molecule has 3 fully saturated rings. The zero-order valence-electron chi connectivity index (χ0n) is 10.3. The molecule has 0 amide bonds. The fourth-order valence-electron chi connectivity index (χ4n) is 2.88. The van der Waals surface area contributed by atoms with Crippen LogP contribution in [0.4, 0.5) is 0 Å². The first kappa shape index (κ1) is 13.9. The third-order valence-corrected chi connectivity index (χ3v) is 8.91. The van der Waals surface area contributed by atoms with Crippen molar-refractivity contribution in [2.24, 2.45) is 0 Å². The summed E-state index contributed by atoms with van der Waals surface area (Å²) >= 11 is 5.64. The summed E-state index contributed by atoms with van der Waals surface area (Å²) in [6.07, 6.45) is 4.13. The molecule has 0 aromatic carbocycles. The van der Waals surface area contributed by atoms with Gasteiger partial charge in [0.1, 0.15) is 4.93 Å². The van der Waals surface area contributed by atoms with Gasteiger partial charge in [0, 0.05) is 23.7 Å². The van der Waals surface area contributed by atoms with Crippen LogP contribution >= 0.6 is 35.3 Å². The summed E-state index contributed by atoms with van der Waals surface area (Å²) in [4.78, 5) is -0.0697. The number of rotatable bonds is 0. The Hall–Kier alpha value is 0.930. The monoisotopic (exact) mass is 308 g/mol. The minimum absolute atomic E-state index is 0.0697. The van der Waals surface area contributed by atoms with Gasteiger partial charge in [0.2, 0.25) is 0 Å². The van der Waals surface area contributed by atoms with Gasteiger partial charge in [-0.1, -0.05) is 0 Å². The first-order valence-electron chi connectivity index (χ1n) is 6.53. The van der Waals surface area contributed by atoms with Crippen LogP contribution in [0.5, 0.6) is 0 Å². The molecule has 0 bridgehead atoms. The van der Waals surface area contributed by atoms with Crippen molar-refractivity contribution >= 4 is 35.3 Å². The molecule has 1 saturated carbocycles. The molecule has 2 unspecified atom stereocenters. The number of hydrogen-bond donors (Lipinski definition) is 2. The molecule has 6 heteroatoms. The average molecular weight is 308 g/mol. The molecule has 1 aliphatic carbocycles. The first-order chi connectivity index (χ1) is 8.62. The Morgan fingerprint density at radius 1 is 0.944 bits per heavy atom. The smallest absolute Gasteiger partial charge is 0.116 e. The van der Waals surface area contributed by atoms with Crippen LogP contribution in [0.25, 0.3) is 0 Å². The van der Waals surface area contributed by atoms with Crippen LogP contribution in [0.1, 0.15) is 25.7 Å². The predicted octanol–water partition coefficient (Wildman–Crippen LogP) is 1.92. The summed E-state index contributed by atoms with van der Waals surface area (Å²) in [7, 11) is 0. The fourth-order valence-corrected chi connectivity index (χ4v) is 7.81. The molecule has 2 saturated heterocycles. The maximum Gasteiger partial charge on any atom is 0.116 e. The van der Waals surface area contributed by atoms with Crippen LogP contribution < -0.4 is 0 Å². The van der Waals surface area contributed by atoms with Crippen molar-refractivity contribution < 1.29 is 14.9 Å². The lowest BCUT2D eigenvalue weighted by Gasteiger charge is -2.50. The van der Waals surface area contributed by atoms with Crippen molar-refractivity contribution in [3.8, 4) is 0 Å². The Kier molecular flexibility index (Phi) is 4.15. The molecule has 104 valence electrons. The van der Waals surface area contributed by atoms with Gasteiger partial charge in [-0.15, -0.1) is 35.3 Å². The van der Waals surface area contributed by atoms with E-state index >= 15 is 0 Å². The van der Waals surface area contributed by atoms with Gasteiger partial charge in [-0.3, -0.25) is 0 Å². The molecule has 0 aromatic heterocycles. The second-order valence-corrected chi connectivity index (χ2v) is 9.83. The Bertz CT molecular complexity index is 269. The van der Waals surface area contributed by atoms with E-state index in [1.807, 2.05) is 23.5 Å². The van der Waals surface area contributed by atoms with Gasteiger partial charge in [-0.2, -0.15) is 0 Å². The topological polar surface area (TPSA) is 49.7 Å². The van der Waals surface area contributed by atoms with Crippen molar-refractivity contribution in [2.45, 2.75) is 46.9 Å². The maximum atomic E-state index is 9.65. The van der Waals surface area contributed by atoms with E-state index in [-0.39, 0.29) is 21.2 Å². The highest BCUT2D eigenvalue weighted by atomic mass is 32.2. The number of ether oxygens (including phenoxy) is 1. The van der Waals surface area contributed by atoms with E-state index in [0.717, 1.165) is 30.1 Å². The van der Waals surface area contributed by atoms with Crippen LogP contribution in [0.2, 0.25) is 0 Å². The zero-order chi connectivity index (χ0) is 12.6. The Morgan fingerprint density at radius 3 is 2.33 bits per heavy atom. The lowest BCUT2D eigenvalue weighted by atomic mass is 9.95. The van der Waals surface area contributed by atoms with Gasteiger partial charge in [-0.05, 0) is 19.3 Å². The van der Waals surface area contributed by atoms with Crippen molar-refractivity contribution in [2.75, 3.05) is 23.9 Å². The SMILES string of the molecule is OC1COC2(CCCC3(C2)SCC(O)CS3)SC1. The van der Waals surface area contributed by atoms with Crippen LogP contribution in [-0.2, 0) is 4.74 Å². The summed E-state index contributed by atoms with van der Waals surface area (Å²) < 4.78 is 6.24. The van der Waals surface area contributed by atoms with Crippen molar-refractivity contribution in [1.82, 2.24) is 0 Å². The van der Waals surface area contributed by atoms with Crippen LogP contribution in [-0.4, -0.2) is 55.3 Å². The fraction of sp³-hybridized carbons (Fsp3) is 1.00. The first-order valence-corrected chi connectivity index (χ1v) is 9.49. The van der Waals surface area contributed by atoms with Gasteiger partial charge in [0.25, 0.3) is 0 Å². The summed E-state index contributed by atoms with van der Waals surface area (Å²) in [6.45, 7) is 0.487. The highest BCUT2D eigenvalue weighted by Crippen LogP contribution is 2.58. The molecular weight excluding hydrogens is 288 g/mol. The quantitative estimate of drug-likeness (QED) is 0.713. The van der Waals surface area contributed by atoms with Crippen LogP contribution in [0, 0.1) is 0 Å².